The molecule has 2 aromatic carbocycles. The summed E-state index contributed by atoms with van der Waals surface area (Å²) < 4.78 is 5.49. The molecule has 27 heavy (non-hydrogen) atoms. The van der Waals surface area contributed by atoms with Gasteiger partial charge in [-0.1, -0.05) is 48.5 Å². The summed E-state index contributed by atoms with van der Waals surface area (Å²) in [5.74, 6) is 1.25. The van der Waals surface area contributed by atoms with Gasteiger partial charge in [-0.3, -0.25) is 10.5 Å². The molecule has 0 bridgehead atoms. The normalized spacial score (nSPS) is 14.4. The van der Waals surface area contributed by atoms with Crippen LogP contribution in [0.3, 0.4) is 0 Å². The molecule has 1 unspecified atom stereocenters. The van der Waals surface area contributed by atoms with Crippen molar-refractivity contribution in [2.24, 2.45) is 5.73 Å². The van der Waals surface area contributed by atoms with Crippen molar-refractivity contribution < 1.29 is 14.3 Å². The zero-order chi connectivity index (χ0) is 19.4. The lowest BCUT2D eigenvalue weighted by atomic mass is 9.98. The maximum atomic E-state index is 12.5. The van der Waals surface area contributed by atoms with E-state index in [0.717, 1.165) is 22.3 Å². The number of fused-ring (bicyclic) bond motifs is 3. The van der Waals surface area contributed by atoms with Crippen LogP contribution in [0.15, 0.2) is 48.5 Å². The zero-order valence-corrected chi connectivity index (χ0v) is 15.2. The van der Waals surface area contributed by atoms with Gasteiger partial charge in [0.1, 0.15) is 6.61 Å². The van der Waals surface area contributed by atoms with Crippen LogP contribution >= 0.6 is 0 Å². The molecular formula is C22H22N2O3. The molecule has 0 aromatic heterocycles. The first-order valence-electron chi connectivity index (χ1n) is 8.83. The van der Waals surface area contributed by atoms with Crippen LogP contribution in [0.2, 0.25) is 0 Å². The minimum absolute atomic E-state index is 0.0608. The van der Waals surface area contributed by atoms with Crippen LogP contribution in [0, 0.1) is 12.3 Å². The standard InChI is InChI=1S/C22H22N2O3/c1-3-4-13-20(25)24-22(2,23)21(26)27-14-19-17-11-7-5-9-15(17)16-10-6-8-12-18(16)19/h1,5-12,19H,4,13-14,23H2,2H3,(H,24,25). The summed E-state index contributed by atoms with van der Waals surface area (Å²) in [6.07, 6.45) is 5.54. The highest BCUT2D eigenvalue weighted by atomic mass is 16.5. The Hall–Kier alpha value is -3.10. The second kappa shape index (κ2) is 7.65. The number of benzene rings is 2. The third kappa shape index (κ3) is 3.86. The summed E-state index contributed by atoms with van der Waals surface area (Å²) in [6.45, 7) is 1.57. The van der Waals surface area contributed by atoms with Gasteiger partial charge in [-0.05, 0) is 29.2 Å². The molecular weight excluding hydrogens is 340 g/mol. The van der Waals surface area contributed by atoms with Crippen LogP contribution in [0.25, 0.3) is 11.1 Å². The van der Waals surface area contributed by atoms with Gasteiger partial charge in [-0.25, -0.2) is 4.79 Å². The van der Waals surface area contributed by atoms with Crippen LogP contribution in [0.5, 0.6) is 0 Å². The summed E-state index contributed by atoms with van der Waals surface area (Å²) in [4.78, 5) is 24.3. The summed E-state index contributed by atoms with van der Waals surface area (Å²) in [5.41, 5.74) is 8.86. The lowest BCUT2D eigenvalue weighted by molar-refractivity contribution is -0.153. The van der Waals surface area contributed by atoms with E-state index in [1.54, 1.807) is 0 Å². The molecule has 138 valence electrons. The fraction of sp³-hybridized carbons (Fsp3) is 0.273. The third-order valence-electron chi connectivity index (χ3n) is 4.66. The molecule has 2 aromatic rings. The Morgan fingerprint density at radius 2 is 1.70 bits per heavy atom. The minimum Gasteiger partial charge on any atom is -0.462 e. The first kappa shape index (κ1) is 18.7. The fourth-order valence-electron chi connectivity index (χ4n) is 3.34. The summed E-state index contributed by atoms with van der Waals surface area (Å²) in [6, 6.07) is 16.1. The van der Waals surface area contributed by atoms with E-state index in [0.29, 0.717) is 0 Å². The van der Waals surface area contributed by atoms with E-state index in [4.69, 9.17) is 16.9 Å². The van der Waals surface area contributed by atoms with E-state index in [1.165, 1.54) is 6.92 Å². The molecule has 5 nitrogen and oxygen atoms in total. The Labute approximate surface area is 158 Å². The predicted molar refractivity (Wildman–Crippen MR) is 103 cm³/mol. The van der Waals surface area contributed by atoms with Crippen molar-refractivity contribution in [2.75, 3.05) is 6.61 Å². The first-order valence-corrected chi connectivity index (χ1v) is 8.83. The molecule has 0 saturated heterocycles. The van der Waals surface area contributed by atoms with Crippen LogP contribution in [0.1, 0.15) is 36.8 Å². The highest BCUT2D eigenvalue weighted by Crippen LogP contribution is 2.44. The number of nitrogens with one attached hydrogen (secondary N) is 1. The number of ether oxygens (including phenoxy) is 1. The van der Waals surface area contributed by atoms with Gasteiger partial charge >= 0.3 is 5.97 Å². The van der Waals surface area contributed by atoms with E-state index in [9.17, 15) is 9.59 Å². The molecule has 0 aliphatic heterocycles. The number of rotatable bonds is 6. The zero-order valence-electron chi connectivity index (χ0n) is 15.2. The highest BCUT2D eigenvalue weighted by molar-refractivity contribution is 5.87. The van der Waals surface area contributed by atoms with Gasteiger partial charge in [0.15, 0.2) is 5.66 Å². The Bertz CT molecular complexity index is 866. The molecule has 1 aliphatic rings. The lowest BCUT2D eigenvalue weighted by Gasteiger charge is -2.25. The van der Waals surface area contributed by atoms with Gasteiger partial charge in [-0.15, -0.1) is 12.3 Å². The molecule has 0 saturated carbocycles. The van der Waals surface area contributed by atoms with Crippen molar-refractivity contribution in [3.8, 4) is 23.5 Å². The number of hydrogen-bond donors (Lipinski definition) is 2. The van der Waals surface area contributed by atoms with E-state index >= 15 is 0 Å². The monoisotopic (exact) mass is 362 g/mol. The maximum Gasteiger partial charge on any atom is 0.346 e. The largest absolute Gasteiger partial charge is 0.462 e. The van der Waals surface area contributed by atoms with Crippen molar-refractivity contribution in [2.45, 2.75) is 31.3 Å². The number of hydrogen-bond acceptors (Lipinski definition) is 4. The van der Waals surface area contributed by atoms with Crippen LogP contribution in [-0.4, -0.2) is 24.1 Å². The molecule has 0 radical (unpaired) electrons. The maximum absolute atomic E-state index is 12.5. The average Bonchev–Trinajstić information content (AvgIpc) is 2.98. The minimum atomic E-state index is -1.61. The first-order chi connectivity index (χ1) is 12.9. The van der Waals surface area contributed by atoms with E-state index in [1.807, 2.05) is 36.4 Å². The second-order valence-corrected chi connectivity index (χ2v) is 6.78. The Morgan fingerprint density at radius 3 is 2.26 bits per heavy atom. The van der Waals surface area contributed by atoms with Gasteiger partial charge in [0.2, 0.25) is 5.91 Å². The average molecular weight is 362 g/mol. The smallest absolute Gasteiger partial charge is 0.346 e. The number of amides is 1. The van der Waals surface area contributed by atoms with Crippen molar-refractivity contribution >= 4 is 11.9 Å². The molecule has 5 heteroatoms. The SMILES string of the molecule is C#CCCC(=O)NC(C)(N)C(=O)OCC1c2ccccc2-c2ccccc21. The quantitative estimate of drug-likeness (QED) is 0.470. The molecule has 1 aliphatic carbocycles. The van der Waals surface area contributed by atoms with Gasteiger partial charge in [0.05, 0.1) is 0 Å². The fourth-order valence-corrected chi connectivity index (χ4v) is 3.34. The molecule has 1 atom stereocenters. The lowest BCUT2D eigenvalue weighted by Crippen LogP contribution is -2.60. The van der Waals surface area contributed by atoms with Gasteiger partial charge in [0, 0.05) is 18.8 Å². The van der Waals surface area contributed by atoms with Crippen molar-refractivity contribution in [1.29, 1.82) is 0 Å². The van der Waals surface area contributed by atoms with Crippen LogP contribution in [0.4, 0.5) is 0 Å². The van der Waals surface area contributed by atoms with E-state index < -0.39 is 11.6 Å². The number of esters is 1. The predicted octanol–water partition coefficient (Wildman–Crippen LogP) is 2.55. The Kier molecular flexibility index (Phi) is 5.29. The van der Waals surface area contributed by atoms with E-state index in [2.05, 4.69) is 23.4 Å². The van der Waals surface area contributed by atoms with Gasteiger partial charge < -0.3 is 10.1 Å². The van der Waals surface area contributed by atoms with Crippen molar-refractivity contribution in [3.63, 3.8) is 0 Å². The highest BCUT2D eigenvalue weighted by Gasteiger charge is 2.34. The molecule has 0 heterocycles. The number of nitrogens with two attached hydrogens (primary N) is 1. The summed E-state index contributed by atoms with van der Waals surface area (Å²) in [5, 5.41) is 2.47. The van der Waals surface area contributed by atoms with Gasteiger partial charge in [0.25, 0.3) is 0 Å². The Morgan fingerprint density at radius 1 is 1.15 bits per heavy atom. The topological polar surface area (TPSA) is 81.4 Å². The third-order valence-corrected chi connectivity index (χ3v) is 4.66. The Balaban J connectivity index is 1.70. The van der Waals surface area contributed by atoms with Crippen molar-refractivity contribution in [1.82, 2.24) is 5.32 Å². The van der Waals surface area contributed by atoms with Crippen LogP contribution < -0.4 is 11.1 Å². The second-order valence-electron chi connectivity index (χ2n) is 6.78. The molecule has 0 fully saturated rings. The molecule has 1 amide bonds. The van der Waals surface area contributed by atoms with Crippen LogP contribution in [-0.2, 0) is 14.3 Å². The molecule has 0 spiro atoms. The van der Waals surface area contributed by atoms with Crippen molar-refractivity contribution in [3.05, 3.63) is 59.7 Å². The molecule has 3 rings (SSSR count). The molecule has 3 N–H and O–H groups in total. The van der Waals surface area contributed by atoms with Gasteiger partial charge in [-0.2, -0.15) is 0 Å². The summed E-state index contributed by atoms with van der Waals surface area (Å²) >= 11 is 0. The summed E-state index contributed by atoms with van der Waals surface area (Å²) in [7, 11) is 0. The number of carbonyl (C=O) groups excluding carboxylic acids is 2. The van der Waals surface area contributed by atoms with E-state index in [-0.39, 0.29) is 31.3 Å². The number of terminal acetylenes is 1. The number of carbonyl (C=O) groups is 2.